The predicted octanol–water partition coefficient (Wildman–Crippen LogP) is 2.34. The van der Waals surface area contributed by atoms with Crippen LogP contribution in [0.5, 0.6) is 5.75 Å². The van der Waals surface area contributed by atoms with E-state index in [1.54, 1.807) is 30.3 Å². The zero-order valence-corrected chi connectivity index (χ0v) is 11.0. The fourth-order valence-electron chi connectivity index (χ4n) is 1.77. The van der Waals surface area contributed by atoms with Crippen molar-refractivity contribution in [1.29, 1.82) is 0 Å². The summed E-state index contributed by atoms with van der Waals surface area (Å²) in [6, 6.07) is 12.5. The summed E-state index contributed by atoms with van der Waals surface area (Å²) in [4.78, 5) is 23.1. The second kappa shape index (κ2) is 6.42. The summed E-state index contributed by atoms with van der Waals surface area (Å²) in [5.74, 6) is -1.17. The van der Waals surface area contributed by atoms with Gasteiger partial charge in [0.1, 0.15) is 5.75 Å². The molecule has 108 valence electrons. The van der Waals surface area contributed by atoms with Crippen molar-refractivity contribution in [3.05, 3.63) is 60.2 Å². The van der Waals surface area contributed by atoms with E-state index in [1.807, 2.05) is 0 Å². The lowest BCUT2D eigenvalue weighted by atomic mass is 10.1. The number of anilines is 1. The molecule has 0 aromatic heterocycles. The quantitative estimate of drug-likeness (QED) is 0.693. The molecule has 1 atom stereocenters. The highest BCUT2D eigenvalue weighted by molar-refractivity contribution is 5.92. The zero-order valence-electron chi connectivity index (χ0n) is 11.0. The maximum Gasteiger partial charge on any atom is 0.330 e. The van der Waals surface area contributed by atoms with Gasteiger partial charge in [-0.15, -0.1) is 0 Å². The van der Waals surface area contributed by atoms with Crippen LogP contribution in [0.2, 0.25) is 0 Å². The number of carboxylic acid groups (broad SMARTS) is 1. The van der Waals surface area contributed by atoms with Crippen molar-refractivity contribution in [2.24, 2.45) is 0 Å². The minimum absolute atomic E-state index is 0.0247. The van der Waals surface area contributed by atoms with E-state index in [-0.39, 0.29) is 5.75 Å². The van der Waals surface area contributed by atoms with Crippen LogP contribution in [0.3, 0.4) is 0 Å². The SMILES string of the molecule is O=C(Nc1ccccc1)N[C@H](C(=O)O)c1ccc(O)cc1. The minimum Gasteiger partial charge on any atom is -0.508 e. The van der Waals surface area contributed by atoms with E-state index in [0.29, 0.717) is 11.3 Å². The summed E-state index contributed by atoms with van der Waals surface area (Å²) in [7, 11) is 0. The Morgan fingerprint density at radius 3 is 2.14 bits per heavy atom. The van der Waals surface area contributed by atoms with Crippen molar-refractivity contribution in [3.8, 4) is 5.75 Å². The molecule has 0 saturated heterocycles. The highest BCUT2D eigenvalue weighted by Crippen LogP contribution is 2.17. The van der Waals surface area contributed by atoms with Gasteiger partial charge in [0.25, 0.3) is 0 Å². The molecule has 0 radical (unpaired) electrons. The van der Waals surface area contributed by atoms with E-state index in [2.05, 4.69) is 10.6 Å². The number of phenols is 1. The molecule has 0 aliphatic rings. The molecular weight excluding hydrogens is 272 g/mol. The summed E-state index contributed by atoms with van der Waals surface area (Å²) in [6.07, 6.45) is 0. The van der Waals surface area contributed by atoms with Crippen LogP contribution in [-0.2, 0) is 4.79 Å². The first-order valence-electron chi connectivity index (χ1n) is 6.20. The molecule has 2 aromatic rings. The average Bonchev–Trinajstić information content (AvgIpc) is 2.47. The molecule has 2 aromatic carbocycles. The first-order valence-corrected chi connectivity index (χ1v) is 6.20. The first-order chi connectivity index (χ1) is 10.1. The lowest BCUT2D eigenvalue weighted by Crippen LogP contribution is -2.36. The highest BCUT2D eigenvalue weighted by Gasteiger charge is 2.22. The second-order valence-electron chi connectivity index (χ2n) is 4.33. The number of hydrogen-bond acceptors (Lipinski definition) is 3. The van der Waals surface area contributed by atoms with Gasteiger partial charge in [-0.3, -0.25) is 0 Å². The Hall–Kier alpha value is -3.02. The van der Waals surface area contributed by atoms with Crippen LogP contribution in [0.4, 0.5) is 10.5 Å². The van der Waals surface area contributed by atoms with Gasteiger partial charge in [0.15, 0.2) is 6.04 Å². The van der Waals surface area contributed by atoms with Gasteiger partial charge in [0.2, 0.25) is 0 Å². The van der Waals surface area contributed by atoms with Gasteiger partial charge >= 0.3 is 12.0 Å². The Morgan fingerprint density at radius 2 is 1.57 bits per heavy atom. The van der Waals surface area contributed by atoms with E-state index in [0.717, 1.165) is 0 Å². The molecule has 0 fully saturated rings. The molecule has 6 nitrogen and oxygen atoms in total. The number of amides is 2. The van der Waals surface area contributed by atoms with Gasteiger partial charge in [0, 0.05) is 5.69 Å². The molecule has 6 heteroatoms. The number of urea groups is 1. The molecule has 4 N–H and O–H groups in total. The third kappa shape index (κ3) is 3.97. The van der Waals surface area contributed by atoms with Gasteiger partial charge in [-0.2, -0.15) is 0 Å². The maximum absolute atomic E-state index is 11.8. The fourth-order valence-corrected chi connectivity index (χ4v) is 1.77. The molecule has 0 spiro atoms. The average molecular weight is 286 g/mol. The molecule has 0 heterocycles. The van der Waals surface area contributed by atoms with E-state index in [4.69, 9.17) is 0 Å². The molecule has 0 aliphatic carbocycles. The van der Waals surface area contributed by atoms with Gasteiger partial charge in [-0.25, -0.2) is 9.59 Å². The van der Waals surface area contributed by atoms with E-state index < -0.39 is 18.0 Å². The van der Waals surface area contributed by atoms with Crippen LogP contribution < -0.4 is 10.6 Å². The molecular formula is C15H14N2O4. The van der Waals surface area contributed by atoms with E-state index in [1.165, 1.54) is 24.3 Å². The molecule has 0 unspecified atom stereocenters. The van der Waals surface area contributed by atoms with Crippen LogP contribution in [0, 0.1) is 0 Å². The van der Waals surface area contributed by atoms with Gasteiger partial charge in [0.05, 0.1) is 0 Å². The number of aliphatic carboxylic acids is 1. The lowest BCUT2D eigenvalue weighted by molar-refractivity contribution is -0.139. The maximum atomic E-state index is 11.8. The first kappa shape index (κ1) is 14.4. The predicted molar refractivity (Wildman–Crippen MR) is 77.1 cm³/mol. The Balaban J connectivity index is 2.08. The number of para-hydroxylation sites is 1. The van der Waals surface area contributed by atoms with Crippen molar-refractivity contribution in [2.45, 2.75) is 6.04 Å². The number of carboxylic acids is 1. The highest BCUT2D eigenvalue weighted by atomic mass is 16.4. The van der Waals surface area contributed by atoms with Gasteiger partial charge < -0.3 is 20.8 Å². The number of carbonyl (C=O) groups excluding carboxylic acids is 1. The number of nitrogens with one attached hydrogen (secondary N) is 2. The molecule has 21 heavy (non-hydrogen) atoms. The zero-order chi connectivity index (χ0) is 15.2. The topological polar surface area (TPSA) is 98.7 Å². The Morgan fingerprint density at radius 1 is 0.952 bits per heavy atom. The molecule has 0 aliphatic heterocycles. The van der Waals surface area contributed by atoms with Gasteiger partial charge in [-0.1, -0.05) is 30.3 Å². The molecule has 0 saturated carbocycles. The van der Waals surface area contributed by atoms with Crippen LogP contribution >= 0.6 is 0 Å². The van der Waals surface area contributed by atoms with Gasteiger partial charge in [-0.05, 0) is 29.8 Å². The number of hydrogen-bond donors (Lipinski definition) is 4. The van der Waals surface area contributed by atoms with Crippen LogP contribution in [-0.4, -0.2) is 22.2 Å². The third-order valence-electron chi connectivity index (χ3n) is 2.78. The number of carbonyl (C=O) groups is 2. The smallest absolute Gasteiger partial charge is 0.330 e. The molecule has 2 rings (SSSR count). The number of phenolic OH excluding ortho intramolecular Hbond substituents is 1. The summed E-state index contributed by atoms with van der Waals surface area (Å²) >= 11 is 0. The van der Waals surface area contributed by atoms with E-state index in [9.17, 15) is 19.8 Å². The number of rotatable bonds is 4. The third-order valence-corrected chi connectivity index (χ3v) is 2.78. The van der Waals surface area contributed by atoms with Crippen LogP contribution in [0.15, 0.2) is 54.6 Å². The van der Waals surface area contributed by atoms with Crippen molar-refractivity contribution >= 4 is 17.7 Å². The Labute approximate surface area is 121 Å². The van der Waals surface area contributed by atoms with Crippen LogP contribution in [0.25, 0.3) is 0 Å². The summed E-state index contributed by atoms with van der Waals surface area (Å²) in [5, 5.41) is 23.3. The van der Waals surface area contributed by atoms with Crippen molar-refractivity contribution in [1.82, 2.24) is 5.32 Å². The monoisotopic (exact) mass is 286 g/mol. The number of benzene rings is 2. The molecule has 0 bridgehead atoms. The standard InChI is InChI=1S/C15H14N2O4/c18-12-8-6-10(7-9-12)13(14(19)20)17-15(21)16-11-4-2-1-3-5-11/h1-9,13,18H,(H,19,20)(H2,16,17,21)/t13-/m0/s1. The number of aromatic hydroxyl groups is 1. The van der Waals surface area contributed by atoms with E-state index >= 15 is 0 Å². The summed E-state index contributed by atoms with van der Waals surface area (Å²) in [6.45, 7) is 0. The molecule has 2 amide bonds. The van der Waals surface area contributed by atoms with Crippen molar-refractivity contribution in [2.75, 3.05) is 5.32 Å². The second-order valence-corrected chi connectivity index (χ2v) is 4.33. The largest absolute Gasteiger partial charge is 0.508 e. The van der Waals surface area contributed by atoms with Crippen molar-refractivity contribution < 1.29 is 19.8 Å². The summed E-state index contributed by atoms with van der Waals surface area (Å²) in [5.41, 5.74) is 0.924. The fraction of sp³-hybridized carbons (Fsp3) is 0.0667. The Kier molecular flexibility index (Phi) is 4.40. The van der Waals surface area contributed by atoms with Crippen LogP contribution in [0.1, 0.15) is 11.6 Å². The van der Waals surface area contributed by atoms with Crippen molar-refractivity contribution in [3.63, 3.8) is 0 Å². The Bertz CT molecular complexity index is 626. The normalized spacial score (nSPS) is 11.4. The minimum atomic E-state index is -1.20. The summed E-state index contributed by atoms with van der Waals surface area (Å²) < 4.78 is 0. The lowest BCUT2D eigenvalue weighted by Gasteiger charge is -2.15.